The SMILES string of the molecule is Cc1c(OCC(F)(F)F)ccnc1C[S@@](=O)c1nc2ccccc2n1C(=O)N(C)CCCOC(=O)Cc1ccccc1. The first kappa shape index (κ1) is 30.7. The first-order chi connectivity index (χ1) is 20.0. The van der Waals surface area contributed by atoms with Crippen LogP contribution in [0.3, 0.4) is 0 Å². The van der Waals surface area contributed by atoms with Crippen molar-refractivity contribution in [2.75, 3.05) is 26.8 Å². The largest absolute Gasteiger partial charge is 0.484 e. The van der Waals surface area contributed by atoms with Gasteiger partial charge in [-0.15, -0.1) is 0 Å². The zero-order valence-electron chi connectivity index (χ0n) is 23.0. The summed E-state index contributed by atoms with van der Waals surface area (Å²) < 4.78 is 62.9. The number of ether oxygens (including phenoxy) is 2. The number of aromatic nitrogens is 3. The molecular weight excluding hydrogens is 573 g/mol. The van der Waals surface area contributed by atoms with E-state index >= 15 is 0 Å². The molecule has 13 heteroatoms. The number of rotatable bonds is 11. The molecule has 1 amide bonds. The van der Waals surface area contributed by atoms with E-state index < -0.39 is 29.6 Å². The number of hydrogen-bond acceptors (Lipinski definition) is 7. The van der Waals surface area contributed by atoms with Gasteiger partial charge in [0, 0.05) is 25.4 Å². The Morgan fingerprint density at radius 2 is 1.76 bits per heavy atom. The van der Waals surface area contributed by atoms with Crippen LogP contribution in [0.5, 0.6) is 5.75 Å². The summed E-state index contributed by atoms with van der Waals surface area (Å²) in [7, 11) is -0.321. The number of amides is 1. The first-order valence-corrected chi connectivity index (χ1v) is 14.3. The van der Waals surface area contributed by atoms with Crippen molar-refractivity contribution in [2.24, 2.45) is 0 Å². The number of nitrogens with zero attached hydrogens (tertiary/aromatic N) is 4. The summed E-state index contributed by atoms with van der Waals surface area (Å²) in [5.74, 6) is -0.597. The van der Waals surface area contributed by atoms with Gasteiger partial charge in [0.25, 0.3) is 0 Å². The van der Waals surface area contributed by atoms with Crippen LogP contribution in [0.25, 0.3) is 11.0 Å². The molecule has 222 valence electrons. The molecule has 2 heterocycles. The average molecular weight is 603 g/mol. The van der Waals surface area contributed by atoms with Crippen LogP contribution < -0.4 is 4.74 Å². The van der Waals surface area contributed by atoms with Gasteiger partial charge in [-0.2, -0.15) is 13.2 Å². The zero-order valence-corrected chi connectivity index (χ0v) is 23.8. The smallest absolute Gasteiger partial charge is 0.422 e. The van der Waals surface area contributed by atoms with Gasteiger partial charge < -0.3 is 14.4 Å². The second-order valence-corrected chi connectivity index (χ2v) is 10.8. The van der Waals surface area contributed by atoms with E-state index in [1.165, 1.54) is 28.7 Å². The number of imidazole rings is 1. The maximum absolute atomic E-state index is 13.5. The minimum Gasteiger partial charge on any atom is -0.484 e. The fourth-order valence-corrected chi connectivity index (χ4v) is 5.37. The summed E-state index contributed by atoms with van der Waals surface area (Å²) in [5, 5.41) is -0.0230. The van der Waals surface area contributed by atoms with Crippen molar-refractivity contribution >= 4 is 33.8 Å². The van der Waals surface area contributed by atoms with E-state index in [9.17, 15) is 27.0 Å². The van der Waals surface area contributed by atoms with E-state index in [2.05, 4.69) is 9.97 Å². The van der Waals surface area contributed by atoms with E-state index in [1.807, 2.05) is 30.3 Å². The van der Waals surface area contributed by atoms with Crippen LogP contribution in [-0.4, -0.2) is 68.6 Å². The lowest BCUT2D eigenvalue weighted by atomic mass is 10.2. The van der Waals surface area contributed by atoms with Gasteiger partial charge in [-0.05, 0) is 37.1 Å². The summed E-state index contributed by atoms with van der Waals surface area (Å²) in [6, 6.07) is 16.8. The second kappa shape index (κ2) is 13.6. The minimum absolute atomic E-state index is 0.0230. The van der Waals surface area contributed by atoms with Crippen LogP contribution in [0.1, 0.15) is 23.2 Å². The van der Waals surface area contributed by atoms with Gasteiger partial charge in [0.2, 0.25) is 5.16 Å². The molecule has 0 aliphatic carbocycles. The standard InChI is InChI=1S/C29H29F3N4O5S/c1-20-23(33-14-13-25(20)41-19-29(30,31)32)18-42(39)27-34-22-11-6-7-12-24(22)36(27)28(38)35(2)15-8-16-40-26(37)17-21-9-4-3-5-10-21/h3-7,9-14H,8,15-19H2,1-2H3/t42-/m1/s1. The Hall–Kier alpha value is -4.26. The van der Waals surface area contributed by atoms with Gasteiger partial charge in [0.05, 0.1) is 46.3 Å². The Morgan fingerprint density at radius 3 is 2.50 bits per heavy atom. The van der Waals surface area contributed by atoms with E-state index in [0.29, 0.717) is 23.0 Å². The number of esters is 1. The molecule has 0 unspecified atom stereocenters. The highest BCUT2D eigenvalue weighted by Gasteiger charge is 2.29. The van der Waals surface area contributed by atoms with Crippen molar-refractivity contribution in [3.05, 3.63) is 83.7 Å². The monoisotopic (exact) mass is 602 g/mol. The molecule has 0 radical (unpaired) electrons. The van der Waals surface area contributed by atoms with Gasteiger partial charge in [-0.1, -0.05) is 42.5 Å². The van der Waals surface area contributed by atoms with Gasteiger partial charge in [0.1, 0.15) is 5.75 Å². The van der Waals surface area contributed by atoms with Gasteiger partial charge in [0.15, 0.2) is 6.61 Å². The van der Waals surface area contributed by atoms with Crippen molar-refractivity contribution in [3.63, 3.8) is 0 Å². The van der Waals surface area contributed by atoms with Crippen molar-refractivity contribution in [1.29, 1.82) is 0 Å². The lowest BCUT2D eigenvalue weighted by molar-refractivity contribution is -0.153. The van der Waals surface area contributed by atoms with E-state index in [0.717, 1.165) is 5.56 Å². The predicted octanol–water partition coefficient (Wildman–Crippen LogP) is 5.06. The third-order valence-electron chi connectivity index (χ3n) is 6.26. The van der Waals surface area contributed by atoms with Crippen molar-refractivity contribution in [1.82, 2.24) is 19.4 Å². The third kappa shape index (κ3) is 7.93. The number of alkyl halides is 3. The summed E-state index contributed by atoms with van der Waals surface area (Å²) >= 11 is 0. The first-order valence-electron chi connectivity index (χ1n) is 13.0. The second-order valence-electron chi connectivity index (χ2n) is 9.43. The number of benzene rings is 2. The molecule has 0 spiro atoms. The average Bonchev–Trinajstić information content (AvgIpc) is 3.35. The van der Waals surface area contributed by atoms with E-state index in [1.54, 1.807) is 31.3 Å². The van der Waals surface area contributed by atoms with Gasteiger partial charge >= 0.3 is 18.2 Å². The molecule has 0 bridgehead atoms. The summed E-state index contributed by atoms with van der Waals surface area (Å²) in [5.41, 5.74) is 2.30. The predicted molar refractivity (Wildman–Crippen MR) is 150 cm³/mol. The molecule has 4 rings (SSSR count). The molecule has 42 heavy (non-hydrogen) atoms. The fourth-order valence-electron chi connectivity index (χ4n) is 4.12. The Labute approximate surface area is 242 Å². The number of hydrogen-bond donors (Lipinski definition) is 0. The van der Waals surface area contributed by atoms with Crippen LogP contribution in [-0.2, 0) is 32.5 Å². The number of pyridine rings is 1. The molecule has 0 saturated heterocycles. The summed E-state index contributed by atoms with van der Waals surface area (Å²) in [6.45, 7) is 0.419. The highest BCUT2D eigenvalue weighted by molar-refractivity contribution is 7.84. The maximum Gasteiger partial charge on any atom is 0.422 e. The number of carbonyl (C=O) groups is 2. The van der Waals surface area contributed by atoms with Crippen LogP contribution >= 0.6 is 0 Å². The van der Waals surface area contributed by atoms with E-state index in [4.69, 9.17) is 9.47 Å². The van der Waals surface area contributed by atoms with Crippen molar-refractivity contribution in [2.45, 2.75) is 36.9 Å². The van der Waals surface area contributed by atoms with Crippen LogP contribution in [0.4, 0.5) is 18.0 Å². The lowest BCUT2D eigenvalue weighted by Crippen LogP contribution is -2.33. The van der Waals surface area contributed by atoms with Crippen LogP contribution in [0.2, 0.25) is 0 Å². The normalized spacial score (nSPS) is 12.2. The minimum atomic E-state index is -4.51. The van der Waals surface area contributed by atoms with Gasteiger partial charge in [-0.25, -0.2) is 14.3 Å². The highest BCUT2D eigenvalue weighted by Crippen LogP contribution is 2.26. The highest BCUT2D eigenvalue weighted by atomic mass is 32.2. The molecule has 0 fully saturated rings. The Kier molecular flexibility index (Phi) is 9.94. The van der Waals surface area contributed by atoms with Crippen molar-refractivity contribution < 1.29 is 36.4 Å². The molecule has 2 aromatic carbocycles. The Balaban J connectivity index is 1.44. The topological polar surface area (TPSA) is 104 Å². The lowest BCUT2D eigenvalue weighted by Gasteiger charge is -2.19. The third-order valence-corrected chi connectivity index (χ3v) is 7.48. The Morgan fingerprint density at radius 1 is 1.05 bits per heavy atom. The number of halogens is 3. The molecule has 1 atom stereocenters. The molecule has 4 aromatic rings. The van der Waals surface area contributed by atoms with Crippen LogP contribution in [0, 0.1) is 6.92 Å². The molecule has 0 aliphatic rings. The molecule has 9 nitrogen and oxygen atoms in total. The zero-order chi connectivity index (χ0) is 30.3. The van der Waals surface area contributed by atoms with E-state index in [-0.39, 0.29) is 47.9 Å². The van der Waals surface area contributed by atoms with Gasteiger partial charge in [-0.3, -0.25) is 14.0 Å². The molecule has 2 aromatic heterocycles. The molecule has 0 saturated carbocycles. The number of carbonyl (C=O) groups excluding carboxylic acids is 2. The molecule has 0 N–H and O–H groups in total. The number of para-hydroxylation sites is 2. The number of fused-ring (bicyclic) bond motifs is 1. The molecular formula is C29H29F3N4O5S. The quantitative estimate of drug-likeness (QED) is 0.175. The fraction of sp³-hybridized carbons (Fsp3) is 0.310. The van der Waals surface area contributed by atoms with Crippen molar-refractivity contribution in [3.8, 4) is 5.75 Å². The van der Waals surface area contributed by atoms with Crippen LogP contribution in [0.15, 0.2) is 72.0 Å². The Bertz CT molecular complexity index is 1580. The summed E-state index contributed by atoms with van der Waals surface area (Å²) in [6.07, 6.45) is -2.71. The summed E-state index contributed by atoms with van der Waals surface area (Å²) in [4.78, 5) is 35.7. The maximum atomic E-state index is 13.5. The molecule has 0 aliphatic heterocycles.